The highest BCUT2D eigenvalue weighted by atomic mass is 16.1. The topological polar surface area (TPSA) is 109 Å². The summed E-state index contributed by atoms with van der Waals surface area (Å²) in [5.74, 6) is 0.895. The molecule has 0 saturated heterocycles. The number of hydrogen-bond acceptors (Lipinski definition) is 7. The highest BCUT2D eigenvalue weighted by Gasteiger charge is 2.13. The van der Waals surface area contributed by atoms with E-state index in [4.69, 9.17) is 0 Å². The molecule has 0 bridgehead atoms. The number of Topliss-reactive ketones (excluding diaryl/α,β-unsaturated/α-hetero) is 1. The predicted octanol–water partition coefficient (Wildman–Crippen LogP) is 0.674. The van der Waals surface area contributed by atoms with Gasteiger partial charge in [0, 0.05) is 6.20 Å². The van der Waals surface area contributed by atoms with Gasteiger partial charge in [-0.1, -0.05) is 5.21 Å². The first-order valence-electron chi connectivity index (χ1n) is 5.42. The highest BCUT2D eigenvalue weighted by Crippen LogP contribution is 2.13. The third-order valence-electron chi connectivity index (χ3n) is 2.45. The van der Waals surface area contributed by atoms with E-state index in [-0.39, 0.29) is 11.8 Å². The Morgan fingerprint density at radius 3 is 2.83 bits per heavy atom. The average molecular weight is 247 g/mol. The number of H-pyrrole nitrogens is 1. The number of anilines is 1. The molecule has 2 rings (SSSR count). The van der Waals surface area contributed by atoms with Crippen LogP contribution in [-0.4, -0.2) is 36.4 Å². The van der Waals surface area contributed by atoms with Crippen LogP contribution in [0.2, 0.25) is 0 Å². The van der Waals surface area contributed by atoms with Gasteiger partial charge in [0.05, 0.1) is 17.3 Å². The quantitative estimate of drug-likeness (QED) is 0.764. The zero-order valence-corrected chi connectivity index (χ0v) is 10.3. The molecule has 8 nitrogen and oxygen atoms in total. The lowest BCUT2D eigenvalue weighted by molar-refractivity contribution is 0.101. The first kappa shape index (κ1) is 12.1. The Labute approximate surface area is 103 Å². The second kappa shape index (κ2) is 4.86. The molecule has 2 N–H and O–H groups in total. The van der Waals surface area contributed by atoms with Gasteiger partial charge >= 0.3 is 0 Å². The summed E-state index contributed by atoms with van der Waals surface area (Å²) < 4.78 is 0. The number of tetrazole rings is 1. The first-order chi connectivity index (χ1) is 8.58. The van der Waals surface area contributed by atoms with Gasteiger partial charge in [-0.05, 0) is 20.8 Å². The number of aromatic amines is 1. The van der Waals surface area contributed by atoms with Crippen LogP contribution in [0.15, 0.2) is 6.20 Å². The van der Waals surface area contributed by atoms with Crippen molar-refractivity contribution in [2.75, 3.05) is 5.32 Å². The molecule has 2 heterocycles. The van der Waals surface area contributed by atoms with Crippen molar-refractivity contribution in [3.8, 4) is 0 Å². The third kappa shape index (κ3) is 2.47. The maximum Gasteiger partial charge on any atom is 0.223 e. The van der Waals surface area contributed by atoms with Gasteiger partial charge < -0.3 is 5.32 Å². The molecule has 0 unspecified atom stereocenters. The Hall–Kier alpha value is -2.38. The molecular formula is C10H13N7O. The van der Waals surface area contributed by atoms with Crippen LogP contribution in [0.5, 0.6) is 0 Å². The van der Waals surface area contributed by atoms with Crippen molar-refractivity contribution in [2.24, 2.45) is 0 Å². The number of nitrogens with one attached hydrogen (secondary N) is 2. The van der Waals surface area contributed by atoms with E-state index in [1.54, 1.807) is 6.92 Å². The van der Waals surface area contributed by atoms with E-state index in [2.05, 4.69) is 35.9 Å². The Balaban J connectivity index is 2.15. The molecule has 18 heavy (non-hydrogen) atoms. The second-order valence-corrected chi connectivity index (χ2v) is 3.88. The number of ketones is 1. The third-order valence-corrected chi connectivity index (χ3v) is 2.45. The molecule has 2 aromatic heterocycles. The molecule has 94 valence electrons. The van der Waals surface area contributed by atoms with Gasteiger partial charge in [-0.3, -0.25) is 4.79 Å². The van der Waals surface area contributed by atoms with E-state index in [9.17, 15) is 4.79 Å². The van der Waals surface area contributed by atoms with Crippen LogP contribution >= 0.6 is 0 Å². The monoisotopic (exact) mass is 247 g/mol. The minimum absolute atomic E-state index is 0.0507. The number of hydrogen-bond donors (Lipinski definition) is 2. The molecule has 0 spiro atoms. The average Bonchev–Trinajstić information content (AvgIpc) is 2.81. The molecule has 0 radical (unpaired) electrons. The van der Waals surface area contributed by atoms with E-state index in [0.717, 1.165) is 0 Å². The fraction of sp³-hybridized carbons (Fsp3) is 0.400. The van der Waals surface area contributed by atoms with E-state index >= 15 is 0 Å². The maximum atomic E-state index is 11.3. The summed E-state index contributed by atoms with van der Waals surface area (Å²) in [6.45, 7) is 5.12. The Morgan fingerprint density at radius 2 is 2.28 bits per heavy atom. The first-order valence-corrected chi connectivity index (χ1v) is 5.42. The maximum absolute atomic E-state index is 11.3. The van der Waals surface area contributed by atoms with Crippen LogP contribution in [0.25, 0.3) is 0 Å². The second-order valence-electron chi connectivity index (χ2n) is 3.88. The minimum Gasteiger partial charge on any atom is -0.344 e. The number of carbonyl (C=O) groups excluding carboxylic acids is 1. The molecule has 8 heteroatoms. The summed E-state index contributed by atoms with van der Waals surface area (Å²) >= 11 is 0. The lowest BCUT2D eigenvalue weighted by atomic mass is 10.2. The van der Waals surface area contributed by atoms with Crippen LogP contribution in [0.4, 0.5) is 5.95 Å². The predicted molar refractivity (Wildman–Crippen MR) is 63.0 cm³/mol. The Bertz CT molecular complexity index is 551. The van der Waals surface area contributed by atoms with Gasteiger partial charge in [0.1, 0.15) is 0 Å². The van der Waals surface area contributed by atoms with Gasteiger partial charge in [-0.2, -0.15) is 5.21 Å². The van der Waals surface area contributed by atoms with Crippen molar-refractivity contribution in [2.45, 2.75) is 26.8 Å². The summed E-state index contributed by atoms with van der Waals surface area (Å²) in [4.78, 5) is 19.6. The fourth-order valence-corrected chi connectivity index (χ4v) is 1.49. The van der Waals surface area contributed by atoms with Gasteiger partial charge in [-0.15, -0.1) is 10.2 Å². The van der Waals surface area contributed by atoms with Crippen LogP contribution in [0.1, 0.15) is 41.8 Å². The van der Waals surface area contributed by atoms with Crippen molar-refractivity contribution in [1.29, 1.82) is 0 Å². The summed E-state index contributed by atoms with van der Waals surface area (Å²) in [7, 11) is 0. The Morgan fingerprint density at radius 1 is 1.50 bits per heavy atom. The normalized spacial score (nSPS) is 12.2. The molecular weight excluding hydrogens is 234 g/mol. The van der Waals surface area contributed by atoms with Gasteiger partial charge in [0.2, 0.25) is 5.95 Å². The SMILES string of the molecule is CC(=O)c1cnc(N[C@H](C)c2nn[nH]n2)nc1C. The number of aryl methyl sites for hydroxylation is 1. The zero-order valence-electron chi connectivity index (χ0n) is 10.3. The van der Waals surface area contributed by atoms with Crippen LogP contribution in [0.3, 0.4) is 0 Å². The van der Waals surface area contributed by atoms with Crippen LogP contribution in [-0.2, 0) is 0 Å². The Kier molecular flexibility index (Phi) is 3.26. The molecule has 0 aliphatic carbocycles. The van der Waals surface area contributed by atoms with Gasteiger partial charge in [0.15, 0.2) is 11.6 Å². The van der Waals surface area contributed by atoms with Crippen molar-refractivity contribution in [3.05, 3.63) is 23.3 Å². The molecule has 0 saturated carbocycles. The molecule has 0 fully saturated rings. The highest BCUT2D eigenvalue weighted by molar-refractivity contribution is 5.94. The summed E-state index contributed by atoms with van der Waals surface area (Å²) in [5.41, 5.74) is 1.16. The van der Waals surface area contributed by atoms with E-state index < -0.39 is 0 Å². The number of carbonyl (C=O) groups is 1. The van der Waals surface area contributed by atoms with Gasteiger partial charge in [0.25, 0.3) is 0 Å². The van der Waals surface area contributed by atoms with Crippen molar-refractivity contribution < 1.29 is 4.79 Å². The molecule has 0 aliphatic heterocycles. The summed E-state index contributed by atoms with van der Waals surface area (Å²) in [5, 5.41) is 16.6. The minimum atomic E-state index is -0.175. The lowest BCUT2D eigenvalue weighted by Gasteiger charge is -2.10. The van der Waals surface area contributed by atoms with E-state index in [1.807, 2.05) is 6.92 Å². The smallest absolute Gasteiger partial charge is 0.223 e. The fourth-order valence-electron chi connectivity index (χ4n) is 1.49. The van der Waals surface area contributed by atoms with E-state index in [0.29, 0.717) is 23.0 Å². The zero-order chi connectivity index (χ0) is 13.1. The molecule has 0 aliphatic rings. The van der Waals surface area contributed by atoms with E-state index in [1.165, 1.54) is 13.1 Å². The summed E-state index contributed by atoms with van der Waals surface area (Å²) in [6, 6.07) is -0.175. The number of rotatable bonds is 4. The molecule has 0 amide bonds. The standard InChI is InChI=1S/C10H13N7O/c1-5-8(7(3)18)4-11-10(12-5)13-6(2)9-14-16-17-15-9/h4,6H,1-3H3,(H,11,12,13)(H,14,15,16,17)/t6-/m1/s1. The lowest BCUT2D eigenvalue weighted by Crippen LogP contribution is -2.12. The number of aromatic nitrogens is 6. The molecule has 1 atom stereocenters. The largest absolute Gasteiger partial charge is 0.344 e. The van der Waals surface area contributed by atoms with Crippen molar-refractivity contribution in [1.82, 2.24) is 30.6 Å². The van der Waals surface area contributed by atoms with Crippen LogP contribution < -0.4 is 5.32 Å². The number of nitrogens with zero attached hydrogens (tertiary/aromatic N) is 5. The van der Waals surface area contributed by atoms with Gasteiger partial charge in [-0.25, -0.2) is 9.97 Å². The van der Waals surface area contributed by atoms with Crippen LogP contribution in [0, 0.1) is 6.92 Å². The summed E-state index contributed by atoms with van der Waals surface area (Å²) in [6.07, 6.45) is 1.51. The van der Waals surface area contributed by atoms with Crippen molar-refractivity contribution in [3.63, 3.8) is 0 Å². The molecule has 0 aromatic carbocycles. The molecule has 2 aromatic rings. The van der Waals surface area contributed by atoms with Crippen molar-refractivity contribution >= 4 is 11.7 Å².